The van der Waals surface area contributed by atoms with Gasteiger partial charge in [-0.3, -0.25) is 9.59 Å². The fourth-order valence-corrected chi connectivity index (χ4v) is 2.99. The molecule has 0 fully saturated rings. The molecule has 2 N–H and O–H groups in total. The third-order valence-corrected chi connectivity index (χ3v) is 4.71. The Morgan fingerprint density at radius 2 is 1.58 bits per heavy atom. The summed E-state index contributed by atoms with van der Waals surface area (Å²) >= 11 is 4.63. The van der Waals surface area contributed by atoms with E-state index >= 15 is 0 Å². The minimum atomic E-state index is -0.123. The fraction of sp³-hybridized carbons (Fsp3) is 0.222. The van der Waals surface area contributed by atoms with E-state index in [1.165, 1.54) is 11.8 Å². The third kappa shape index (κ3) is 6.02. The highest BCUT2D eigenvalue weighted by Gasteiger charge is 2.08. The summed E-state index contributed by atoms with van der Waals surface area (Å²) in [5, 5.41) is 5.67. The maximum Gasteiger partial charge on any atom is 0.234 e. The zero-order valence-corrected chi connectivity index (χ0v) is 16.0. The largest absolute Gasteiger partial charge is 0.325 e. The van der Waals surface area contributed by atoms with Crippen LogP contribution >= 0.6 is 27.7 Å². The summed E-state index contributed by atoms with van der Waals surface area (Å²) in [6.45, 7) is 3.97. The molecule has 126 valence electrons. The monoisotopic (exact) mass is 406 g/mol. The van der Waals surface area contributed by atoms with E-state index in [9.17, 15) is 9.59 Å². The summed E-state index contributed by atoms with van der Waals surface area (Å²) < 4.78 is 0.956. The van der Waals surface area contributed by atoms with E-state index in [0.717, 1.165) is 27.0 Å². The number of hydrogen-bond acceptors (Lipinski definition) is 3. The number of anilines is 2. The first-order valence-electron chi connectivity index (χ1n) is 7.44. The van der Waals surface area contributed by atoms with Gasteiger partial charge in [0.25, 0.3) is 0 Å². The smallest absolute Gasteiger partial charge is 0.234 e. The van der Waals surface area contributed by atoms with Gasteiger partial charge in [-0.15, -0.1) is 11.8 Å². The first kappa shape index (κ1) is 18.5. The molecule has 2 aromatic rings. The van der Waals surface area contributed by atoms with Crippen molar-refractivity contribution in [3.05, 3.63) is 58.1 Å². The minimum absolute atomic E-state index is 0.108. The van der Waals surface area contributed by atoms with Gasteiger partial charge in [0.2, 0.25) is 11.8 Å². The van der Waals surface area contributed by atoms with Crippen LogP contribution in [0.15, 0.2) is 46.9 Å². The molecule has 24 heavy (non-hydrogen) atoms. The van der Waals surface area contributed by atoms with Gasteiger partial charge in [0, 0.05) is 15.8 Å². The molecule has 0 unspecified atom stereocenters. The molecule has 2 amide bonds. The van der Waals surface area contributed by atoms with Gasteiger partial charge >= 0.3 is 0 Å². The van der Waals surface area contributed by atoms with Gasteiger partial charge in [0.1, 0.15) is 0 Å². The van der Waals surface area contributed by atoms with E-state index in [4.69, 9.17) is 0 Å². The first-order valence-corrected chi connectivity index (χ1v) is 9.39. The Morgan fingerprint density at radius 3 is 2.21 bits per heavy atom. The number of carbonyl (C=O) groups excluding carboxylic acids is 2. The molecular weight excluding hydrogens is 388 g/mol. The van der Waals surface area contributed by atoms with Crippen molar-refractivity contribution in [2.45, 2.75) is 13.8 Å². The highest BCUT2D eigenvalue weighted by Crippen LogP contribution is 2.17. The molecule has 0 aromatic heterocycles. The second kappa shape index (κ2) is 8.89. The number of halogens is 1. The predicted molar refractivity (Wildman–Crippen MR) is 105 cm³/mol. The highest BCUT2D eigenvalue weighted by molar-refractivity contribution is 9.10. The molecule has 6 heteroatoms. The molecule has 0 aliphatic heterocycles. The average Bonchev–Trinajstić information content (AvgIpc) is 2.52. The van der Waals surface area contributed by atoms with Gasteiger partial charge in [-0.25, -0.2) is 0 Å². The molecule has 0 atom stereocenters. The Hall–Kier alpha value is -1.79. The number of aryl methyl sites for hydroxylation is 2. The van der Waals surface area contributed by atoms with Crippen molar-refractivity contribution in [3.8, 4) is 0 Å². The molecule has 4 nitrogen and oxygen atoms in total. The van der Waals surface area contributed by atoms with E-state index in [0.29, 0.717) is 0 Å². The van der Waals surface area contributed by atoms with E-state index in [-0.39, 0.29) is 23.3 Å². The Bertz CT molecular complexity index is 732. The van der Waals surface area contributed by atoms with Crippen LogP contribution < -0.4 is 10.6 Å². The summed E-state index contributed by atoms with van der Waals surface area (Å²) in [5.41, 5.74) is 3.74. The van der Waals surface area contributed by atoms with Crippen LogP contribution in [0.5, 0.6) is 0 Å². The molecule has 0 heterocycles. The van der Waals surface area contributed by atoms with Crippen molar-refractivity contribution in [2.75, 3.05) is 22.1 Å². The van der Waals surface area contributed by atoms with Crippen LogP contribution in [-0.2, 0) is 9.59 Å². The number of hydrogen-bond donors (Lipinski definition) is 2. The van der Waals surface area contributed by atoms with Gasteiger partial charge in [0.15, 0.2) is 0 Å². The van der Waals surface area contributed by atoms with Gasteiger partial charge < -0.3 is 10.6 Å². The number of rotatable bonds is 6. The van der Waals surface area contributed by atoms with Crippen LogP contribution in [0, 0.1) is 13.8 Å². The second-order valence-electron chi connectivity index (χ2n) is 5.41. The van der Waals surface area contributed by atoms with Crippen LogP contribution in [-0.4, -0.2) is 23.3 Å². The van der Waals surface area contributed by atoms with E-state index in [1.54, 1.807) is 0 Å². The Balaban J connectivity index is 1.73. The highest BCUT2D eigenvalue weighted by atomic mass is 79.9. The zero-order valence-electron chi connectivity index (χ0n) is 13.6. The number of benzene rings is 2. The van der Waals surface area contributed by atoms with Crippen molar-refractivity contribution in [1.82, 2.24) is 0 Å². The maximum absolute atomic E-state index is 12.0. The fourth-order valence-electron chi connectivity index (χ4n) is 2.11. The minimum Gasteiger partial charge on any atom is -0.325 e. The van der Waals surface area contributed by atoms with Crippen LogP contribution in [0.2, 0.25) is 0 Å². The lowest BCUT2D eigenvalue weighted by molar-refractivity contribution is -0.114. The van der Waals surface area contributed by atoms with Crippen molar-refractivity contribution in [2.24, 2.45) is 0 Å². The van der Waals surface area contributed by atoms with E-state index in [1.807, 2.05) is 56.3 Å². The van der Waals surface area contributed by atoms with Crippen molar-refractivity contribution >= 4 is 50.9 Å². The molecule has 0 bridgehead atoms. The number of thioether (sulfide) groups is 1. The van der Waals surface area contributed by atoms with Crippen LogP contribution in [0.4, 0.5) is 11.4 Å². The molecule has 0 aliphatic carbocycles. The second-order valence-corrected chi connectivity index (χ2v) is 7.32. The van der Waals surface area contributed by atoms with Crippen LogP contribution in [0.3, 0.4) is 0 Å². The summed E-state index contributed by atoms with van der Waals surface area (Å²) in [6, 6.07) is 13.2. The topological polar surface area (TPSA) is 58.2 Å². The Morgan fingerprint density at radius 1 is 0.958 bits per heavy atom. The summed E-state index contributed by atoms with van der Waals surface area (Å²) in [5.74, 6) is 0.238. The SMILES string of the molecule is Cc1ccc(NC(=O)CSCC(=O)Nc2ccc(Br)cc2)c(C)c1. The standard InChI is InChI=1S/C18H19BrN2O2S/c1-12-3-8-16(13(2)9-12)21-18(23)11-24-10-17(22)20-15-6-4-14(19)5-7-15/h3-9H,10-11H2,1-2H3,(H,20,22)(H,21,23). The zero-order chi connectivity index (χ0) is 17.5. The number of carbonyl (C=O) groups is 2. The number of amides is 2. The van der Waals surface area contributed by atoms with Gasteiger partial charge in [-0.05, 0) is 49.7 Å². The third-order valence-electron chi connectivity index (χ3n) is 3.25. The van der Waals surface area contributed by atoms with Crippen molar-refractivity contribution in [1.29, 1.82) is 0 Å². The normalized spacial score (nSPS) is 10.3. The molecule has 0 spiro atoms. The lowest BCUT2D eigenvalue weighted by Gasteiger charge is -2.09. The van der Waals surface area contributed by atoms with E-state index < -0.39 is 0 Å². The lowest BCUT2D eigenvalue weighted by atomic mass is 10.1. The number of nitrogens with one attached hydrogen (secondary N) is 2. The van der Waals surface area contributed by atoms with Crippen LogP contribution in [0.1, 0.15) is 11.1 Å². The van der Waals surface area contributed by atoms with E-state index in [2.05, 4.69) is 26.6 Å². The molecule has 2 aromatic carbocycles. The lowest BCUT2D eigenvalue weighted by Crippen LogP contribution is -2.18. The predicted octanol–water partition coefficient (Wildman–Crippen LogP) is 4.38. The molecule has 0 saturated carbocycles. The van der Waals surface area contributed by atoms with Gasteiger partial charge in [-0.2, -0.15) is 0 Å². The summed E-state index contributed by atoms with van der Waals surface area (Å²) in [7, 11) is 0. The molecule has 0 radical (unpaired) electrons. The summed E-state index contributed by atoms with van der Waals surface area (Å²) in [6.07, 6.45) is 0. The van der Waals surface area contributed by atoms with Crippen molar-refractivity contribution in [3.63, 3.8) is 0 Å². The van der Waals surface area contributed by atoms with Crippen molar-refractivity contribution < 1.29 is 9.59 Å². The quantitative estimate of drug-likeness (QED) is 0.748. The molecular formula is C18H19BrN2O2S. The molecule has 2 rings (SSSR count). The van der Waals surface area contributed by atoms with Gasteiger partial charge in [0.05, 0.1) is 11.5 Å². The Kier molecular flexibility index (Phi) is 6.87. The summed E-state index contributed by atoms with van der Waals surface area (Å²) in [4.78, 5) is 23.8. The molecule has 0 aliphatic rings. The molecule has 0 saturated heterocycles. The van der Waals surface area contributed by atoms with Gasteiger partial charge in [-0.1, -0.05) is 33.6 Å². The Labute approximate surface area is 154 Å². The maximum atomic E-state index is 12.0. The first-order chi connectivity index (χ1) is 11.4. The average molecular weight is 407 g/mol. The van der Waals surface area contributed by atoms with Crippen LogP contribution in [0.25, 0.3) is 0 Å².